The first-order chi connectivity index (χ1) is 13.1. The standard InChI is InChI=1S/C21H29N3O3/c1-16-12-17(2)14-19(13-16)24(7-3-6-22)20(25)15-23-8-4-18(5-9-23)21-26-10-11-27-21/h12-14,18,21H,3-5,7-11,15H2,1-2H3. The molecule has 0 unspecified atom stereocenters. The lowest BCUT2D eigenvalue weighted by atomic mass is 9.96. The predicted molar refractivity (Wildman–Crippen MR) is 103 cm³/mol. The third-order valence-electron chi connectivity index (χ3n) is 5.29. The Morgan fingerprint density at radius 1 is 1.19 bits per heavy atom. The number of nitrogens with zero attached hydrogens (tertiary/aromatic N) is 3. The van der Waals surface area contributed by atoms with E-state index in [1.54, 1.807) is 4.90 Å². The van der Waals surface area contributed by atoms with Crippen molar-refractivity contribution in [2.75, 3.05) is 44.3 Å². The van der Waals surface area contributed by atoms with E-state index in [9.17, 15) is 4.79 Å². The first kappa shape index (κ1) is 19.8. The molecular weight excluding hydrogens is 342 g/mol. The molecule has 1 amide bonds. The maximum absolute atomic E-state index is 13.0. The number of piperidine rings is 1. The first-order valence-corrected chi connectivity index (χ1v) is 9.78. The Labute approximate surface area is 161 Å². The summed E-state index contributed by atoms with van der Waals surface area (Å²) >= 11 is 0. The number of rotatable bonds is 6. The largest absolute Gasteiger partial charge is 0.350 e. The smallest absolute Gasteiger partial charge is 0.241 e. The Kier molecular flexibility index (Phi) is 6.84. The first-order valence-electron chi connectivity index (χ1n) is 9.78. The number of benzene rings is 1. The van der Waals surface area contributed by atoms with Crippen LogP contribution in [-0.4, -0.2) is 56.5 Å². The van der Waals surface area contributed by atoms with E-state index in [2.05, 4.69) is 17.0 Å². The molecule has 2 saturated heterocycles. The molecule has 0 saturated carbocycles. The zero-order valence-corrected chi connectivity index (χ0v) is 16.3. The number of hydrogen-bond donors (Lipinski definition) is 0. The van der Waals surface area contributed by atoms with Gasteiger partial charge in [0, 0.05) is 18.2 Å². The van der Waals surface area contributed by atoms with Crippen LogP contribution < -0.4 is 4.90 Å². The second-order valence-corrected chi connectivity index (χ2v) is 7.52. The second-order valence-electron chi connectivity index (χ2n) is 7.52. The number of ether oxygens (including phenoxy) is 2. The summed E-state index contributed by atoms with van der Waals surface area (Å²) in [5.41, 5.74) is 3.13. The van der Waals surface area contributed by atoms with Crippen LogP contribution in [0.25, 0.3) is 0 Å². The molecule has 0 aromatic heterocycles. The van der Waals surface area contributed by atoms with Gasteiger partial charge in [-0.1, -0.05) is 6.07 Å². The summed E-state index contributed by atoms with van der Waals surface area (Å²) in [5.74, 6) is 0.482. The van der Waals surface area contributed by atoms with E-state index >= 15 is 0 Å². The summed E-state index contributed by atoms with van der Waals surface area (Å²) in [6.07, 6.45) is 2.24. The van der Waals surface area contributed by atoms with Crippen LogP contribution in [0.4, 0.5) is 5.69 Å². The molecule has 0 radical (unpaired) electrons. The highest BCUT2D eigenvalue weighted by molar-refractivity contribution is 5.95. The van der Waals surface area contributed by atoms with Gasteiger partial charge in [-0.05, 0) is 63.0 Å². The van der Waals surface area contributed by atoms with Gasteiger partial charge >= 0.3 is 0 Å². The predicted octanol–water partition coefficient (Wildman–Crippen LogP) is 2.64. The van der Waals surface area contributed by atoms with Crippen LogP contribution in [-0.2, 0) is 14.3 Å². The van der Waals surface area contributed by atoms with Crippen molar-refractivity contribution >= 4 is 11.6 Å². The average molecular weight is 371 g/mol. The van der Waals surface area contributed by atoms with Crippen LogP contribution in [0.15, 0.2) is 18.2 Å². The molecule has 0 bridgehead atoms. The SMILES string of the molecule is Cc1cc(C)cc(N(CCC#N)C(=O)CN2CCC(C3OCCO3)CC2)c1. The van der Waals surface area contributed by atoms with Gasteiger partial charge in [-0.3, -0.25) is 9.69 Å². The third kappa shape index (κ3) is 5.29. The van der Waals surface area contributed by atoms with E-state index in [0.717, 1.165) is 42.7 Å². The fraction of sp³-hybridized carbons (Fsp3) is 0.619. The number of aryl methyl sites for hydroxylation is 2. The lowest BCUT2D eigenvalue weighted by Gasteiger charge is -2.34. The number of anilines is 1. The highest BCUT2D eigenvalue weighted by atomic mass is 16.7. The Bertz CT molecular complexity index is 666. The van der Waals surface area contributed by atoms with Crippen molar-refractivity contribution in [1.82, 2.24) is 4.90 Å². The van der Waals surface area contributed by atoms with Gasteiger partial charge in [0.25, 0.3) is 0 Å². The quantitative estimate of drug-likeness (QED) is 0.769. The van der Waals surface area contributed by atoms with Crippen LogP contribution in [0.3, 0.4) is 0 Å². The molecule has 3 rings (SSSR count). The Morgan fingerprint density at radius 2 is 1.81 bits per heavy atom. The van der Waals surface area contributed by atoms with Gasteiger partial charge in [-0.25, -0.2) is 0 Å². The molecule has 27 heavy (non-hydrogen) atoms. The number of hydrogen-bond acceptors (Lipinski definition) is 5. The van der Waals surface area contributed by atoms with Crippen LogP contribution in [0.1, 0.15) is 30.4 Å². The summed E-state index contributed by atoms with van der Waals surface area (Å²) < 4.78 is 11.2. The van der Waals surface area contributed by atoms with E-state index in [0.29, 0.717) is 38.6 Å². The van der Waals surface area contributed by atoms with Crippen molar-refractivity contribution < 1.29 is 14.3 Å². The van der Waals surface area contributed by atoms with E-state index < -0.39 is 0 Å². The molecule has 146 valence electrons. The minimum absolute atomic E-state index is 0.0575. The van der Waals surface area contributed by atoms with Gasteiger partial charge in [0.2, 0.25) is 5.91 Å². The molecule has 2 fully saturated rings. The highest BCUT2D eigenvalue weighted by Gasteiger charge is 2.31. The van der Waals surface area contributed by atoms with E-state index in [1.807, 2.05) is 26.0 Å². The Morgan fingerprint density at radius 3 is 2.41 bits per heavy atom. The van der Waals surface area contributed by atoms with Crippen LogP contribution in [0.5, 0.6) is 0 Å². The minimum atomic E-state index is -0.0646. The van der Waals surface area contributed by atoms with Gasteiger partial charge in [-0.15, -0.1) is 0 Å². The zero-order valence-electron chi connectivity index (χ0n) is 16.3. The summed E-state index contributed by atoms with van der Waals surface area (Å²) in [5, 5.41) is 8.99. The molecule has 2 heterocycles. The number of likely N-dealkylation sites (tertiary alicyclic amines) is 1. The molecule has 0 N–H and O–H groups in total. The molecular formula is C21H29N3O3. The van der Waals surface area contributed by atoms with Crippen LogP contribution in [0.2, 0.25) is 0 Å². The van der Waals surface area contributed by atoms with Gasteiger partial charge in [0.1, 0.15) is 0 Å². The maximum atomic E-state index is 13.0. The topological polar surface area (TPSA) is 65.8 Å². The van der Waals surface area contributed by atoms with Crippen molar-refractivity contribution in [3.63, 3.8) is 0 Å². The fourth-order valence-electron chi connectivity index (χ4n) is 3.97. The van der Waals surface area contributed by atoms with Crippen LogP contribution in [0, 0.1) is 31.1 Å². The lowest BCUT2D eigenvalue weighted by Crippen LogP contribution is -2.45. The number of amides is 1. The second kappa shape index (κ2) is 9.32. The molecule has 1 aromatic rings. The summed E-state index contributed by atoms with van der Waals surface area (Å²) in [6, 6.07) is 8.28. The molecule has 0 spiro atoms. The number of carbonyl (C=O) groups is 1. The number of nitriles is 1. The zero-order chi connectivity index (χ0) is 19.2. The van der Waals surface area contributed by atoms with Crippen LogP contribution >= 0.6 is 0 Å². The molecule has 6 nitrogen and oxygen atoms in total. The molecule has 0 atom stereocenters. The van der Waals surface area contributed by atoms with E-state index in [-0.39, 0.29) is 12.2 Å². The molecule has 6 heteroatoms. The van der Waals surface area contributed by atoms with E-state index in [4.69, 9.17) is 14.7 Å². The van der Waals surface area contributed by atoms with Crippen molar-refractivity contribution in [2.24, 2.45) is 5.92 Å². The Balaban J connectivity index is 1.60. The van der Waals surface area contributed by atoms with Gasteiger partial charge in [0.05, 0.1) is 32.2 Å². The van der Waals surface area contributed by atoms with Gasteiger partial charge in [-0.2, -0.15) is 5.26 Å². The summed E-state index contributed by atoms with van der Waals surface area (Å²) in [7, 11) is 0. The molecule has 1 aromatic carbocycles. The highest BCUT2D eigenvalue weighted by Crippen LogP contribution is 2.26. The minimum Gasteiger partial charge on any atom is -0.350 e. The van der Waals surface area contributed by atoms with E-state index in [1.165, 1.54) is 0 Å². The fourth-order valence-corrected chi connectivity index (χ4v) is 3.97. The summed E-state index contributed by atoms with van der Waals surface area (Å²) in [4.78, 5) is 17.0. The van der Waals surface area contributed by atoms with Gasteiger partial charge in [0.15, 0.2) is 6.29 Å². The molecule has 0 aliphatic carbocycles. The monoisotopic (exact) mass is 371 g/mol. The van der Waals surface area contributed by atoms with Gasteiger partial charge < -0.3 is 14.4 Å². The molecule has 2 aliphatic rings. The van der Waals surface area contributed by atoms with Crippen molar-refractivity contribution in [2.45, 2.75) is 39.4 Å². The normalized spacial score (nSPS) is 19.1. The third-order valence-corrected chi connectivity index (χ3v) is 5.29. The van der Waals surface area contributed by atoms with Crippen molar-refractivity contribution in [3.05, 3.63) is 29.3 Å². The van der Waals surface area contributed by atoms with Crippen molar-refractivity contribution in [3.8, 4) is 6.07 Å². The average Bonchev–Trinajstić information content (AvgIpc) is 3.16. The lowest BCUT2D eigenvalue weighted by molar-refractivity contribution is -0.121. The summed E-state index contributed by atoms with van der Waals surface area (Å²) in [6.45, 7) is 8.00. The van der Waals surface area contributed by atoms with Crippen molar-refractivity contribution in [1.29, 1.82) is 5.26 Å². The maximum Gasteiger partial charge on any atom is 0.241 e. The number of carbonyl (C=O) groups excluding carboxylic acids is 1. The molecule has 2 aliphatic heterocycles. The Hall–Kier alpha value is -1.94.